The van der Waals surface area contributed by atoms with Gasteiger partial charge in [-0.2, -0.15) is 15.5 Å². The lowest BCUT2D eigenvalue weighted by molar-refractivity contribution is 0.0574. The summed E-state index contributed by atoms with van der Waals surface area (Å²) < 4.78 is 3.62. The van der Waals surface area contributed by atoms with Gasteiger partial charge in [0.15, 0.2) is 0 Å². The molecule has 2 aliphatic heterocycles. The van der Waals surface area contributed by atoms with Crippen molar-refractivity contribution in [2.75, 3.05) is 6.54 Å². The number of carbonyl (C=O) groups is 2. The highest BCUT2D eigenvalue weighted by Crippen LogP contribution is 2.35. The van der Waals surface area contributed by atoms with Gasteiger partial charge in [-0.15, -0.1) is 0 Å². The van der Waals surface area contributed by atoms with E-state index >= 15 is 0 Å². The van der Waals surface area contributed by atoms with Gasteiger partial charge in [0.2, 0.25) is 0 Å². The largest absolute Gasteiger partial charge is 0.331 e. The summed E-state index contributed by atoms with van der Waals surface area (Å²) in [6, 6.07) is 16.6. The molecule has 0 spiro atoms. The van der Waals surface area contributed by atoms with Crippen molar-refractivity contribution in [2.24, 2.45) is 7.05 Å². The molecule has 0 N–H and O–H groups in total. The maximum atomic E-state index is 14.0. The molecular formula is C31H30ClN7O2. The standard InChI is InChI=1S/C31H30ClN7O2/c1-18-13-28-25(17-37(18)30(40)23-9-10-26(32)24(14-23)15-33)29-31(41)38(16-19(2)39(29)35-28)20(3)21-5-7-22(8-6-21)27-11-12-36(4)34-27/h5-12,14,18-20H,13,16-17H2,1-4H3/t18-,19-,20-/m1/s1. The van der Waals surface area contributed by atoms with Gasteiger partial charge in [0.25, 0.3) is 11.8 Å². The third-order valence-electron chi connectivity index (χ3n) is 8.25. The van der Waals surface area contributed by atoms with Gasteiger partial charge in [0.05, 0.1) is 40.6 Å². The van der Waals surface area contributed by atoms with Crippen molar-refractivity contribution in [3.63, 3.8) is 0 Å². The molecule has 41 heavy (non-hydrogen) atoms. The van der Waals surface area contributed by atoms with E-state index in [1.807, 2.05) is 60.9 Å². The summed E-state index contributed by atoms with van der Waals surface area (Å²) in [5.41, 5.74) is 5.82. The Bertz CT molecular complexity index is 1720. The number of nitrogens with zero attached hydrogens (tertiary/aromatic N) is 7. The molecule has 208 valence electrons. The van der Waals surface area contributed by atoms with Crippen molar-refractivity contribution < 1.29 is 9.59 Å². The number of aryl methyl sites for hydroxylation is 1. The van der Waals surface area contributed by atoms with Gasteiger partial charge in [-0.3, -0.25) is 19.0 Å². The number of benzene rings is 2. The van der Waals surface area contributed by atoms with Gasteiger partial charge < -0.3 is 9.80 Å². The summed E-state index contributed by atoms with van der Waals surface area (Å²) in [7, 11) is 1.89. The molecule has 2 amide bonds. The normalized spacial score (nSPS) is 19.0. The first-order valence-electron chi connectivity index (χ1n) is 13.7. The quantitative estimate of drug-likeness (QED) is 0.338. The third-order valence-corrected chi connectivity index (χ3v) is 8.58. The van der Waals surface area contributed by atoms with E-state index in [4.69, 9.17) is 16.7 Å². The summed E-state index contributed by atoms with van der Waals surface area (Å²) in [6.45, 7) is 6.91. The van der Waals surface area contributed by atoms with Gasteiger partial charge in [0, 0.05) is 48.9 Å². The van der Waals surface area contributed by atoms with Gasteiger partial charge in [0.1, 0.15) is 11.8 Å². The first-order valence-corrected chi connectivity index (χ1v) is 14.1. The van der Waals surface area contributed by atoms with Crippen molar-refractivity contribution in [1.29, 1.82) is 5.26 Å². The number of amides is 2. The fourth-order valence-electron chi connectivity index (χ4n) is 5.89. The van der Waals surface area contributed by atoms with Crippen LogP contribution in [0.4, 0.5) is 0 Å². The van der Waals surface area contributed by atoms with E-state index in [1.54, 1.807) is 21.7 Å². The Hall–Kier alpha value is -4.42. The lowest BCUT2D eigenvalue weighted by atomic mass is 9.96. The zero-order valence-corrected chi connectivity index (χ0v) is 24.1. The SMILES string of the molecule is C[C@@H]1Cc2nn3c(c2CN1C(=O)c1ccc(Cl)c(C#N)c1)C(=O)N([C@H](C)c1ccc(-c2ccn(C)n2)cc1)C[C@H]3C. The second kappa shape index (κ2) is 10.2. The zero-order valence-electron chi connectivity index (χ0n) is 23.4. The van der Waals surface area contributed by atoms with E-state index in [1.165, 1.54) is 6.07 Å². The molecule has 2 aliphatic rings. The highest BCUT2D eigenvalue weighted by atomic mass is 35.5. The highest BCUT2D eigenvalue weighted by molar-refractivity contribution is 6.31. The molecule has 4 heterocycles. The minimum Gasteiger partial charge on any atom is -0.331 e. The van der Waals surface area contributed by atoms with Crippen LogP contribution in [-0.2, 0) is 20.0 Å². The molecule has 2 aromatic carbocycles. The molecule has 0 fully saturated rings. The van der Waals surface area contributed by atoms with Gasteiger partial charge in [-0.1, -0.05) is 35.9 Å². The number of nitriles is 1. The molecule has 2 aromatic heterocycles. The van der Waals surface area contributed by atoms with Crippen molar-refractivity contribution in [2.45, 2.75) is 51.9 Å². The average Bonchev–Trinajstić information content (AvgIpc) is 3.58. The minimum absolute atomic E-state index is 0.0162. The molecule has 0 bridgehead atoms. The summed E-state index contributed by atoms with van der Waals surface area (Å²) in [5.74, 6) is -0.288. The average molecular weight is 568 g/mol. The van der Waals surface area contributed by atoms with Crippen LogP contribution < -0.4 is 0 Å². The predicted molar refractivity (Wildman–Crippen MR) is 154 cm³/mol. The number of fused-ring (bicyclic) bond motifs is 3. The molecule has 0 unspecified atom stereocenters. The second-order valence-electron chi connectivity index (χ2n) is 11.0. The maximum Gasteiger partial charge on any atom is 0.273 e. The molecule has 6 rings (SSSR count). The van der Waals surface area contributed by atoms with E-state index in [2.05, 4.69) is 24.2 Å². The topological polar surface area (TPSA) is 100 Å². The van der Waals surface area contributed by atoms with E-state index in [9.17, 15) is 14.9 Å². The number of rotatable bonds is 4. The Morgan fingerprint density at radius 3 is 2.54 bits per heavy atom. The first-order chi connectivity index (χ1) is 19.7. The number of carbonyl (C=O) groups excluding carboxylic acids is 2. The summed E-state index contributed by atoms with van der Waals surface area (Å²) in [6.07, 6.45) is 2.46. The molecule has 4 aromatic rings. The van der Waals surface area contributed by atoms with E-state index in [0.29, 0.717) is 29.2 Å². The maximum absolute atomic E-state index is 14.0. The Morgan fingerprint density at radius 1 is 1.10 bits per heavy atom. The molecular weight excluding hydrogens is 538 g/mol. The number of hydrogen-bond acceptors (Lipinski definition) is 5. The molecule has 0 saturated carbocycles. The smallest absolute Gasteiger partial charge is 0.273 e. The van der Waals surface area contributed by atoms with Crippen molar-refractivity contribution >= 4 is 23.4 Å². The van der Waals surface area contributed by atoms with Crippen molar-refractivity contribution in [3.05, 3.63) is 93.4 Å². The monoisotopic (exact) mass is 567 g/mol. The minimum atomic E-state index is -0.203. The Morgan fingerprint density at radius 2 is 1.85 bits per heavy atom. The second-order valence-corrected chi connectivity index (χ2v) is 11.4. The van der Waals surface area contributed by atoms with Crippen LogP contribution in [-0.4, -0.2) is 53.8 Å². The van der Waals surface area contributed by atoms with Crippen LogP contribution in [0, 0.1) is 11.3 Å². The molecule has 0 saturated heterocycles. The van der Waals surface area contributed by atoms with Crippen molar-refractivity contribution in [3.8, 4) is 17.3 Å². The number of hydrogen-bond donors (Lipinski definition) is 0. The Labute approximate surface area is 243 Å². The molecule has 3 atom stereocenters. The van der Waals surface area contributed by atoms with Gasteiger partial charge in [-0.25, -0.2) is 0 Å². The van der Waals surface area contributed by atoms with Crippen LogP contribution in [0.25, 0.3) is 11.3 Å². The molecule has 9 nitrogen and oxygen atoms in total. The van der Waals surface area contributed by atoms with Gasteiger partial charge in [-0.05, 0) is 50.6 Å². The van der Waals surface area contributed by atoms with Crippen LogP contribution in [0.1, 0.15) is 76.1 Å². The Balaban J connectivity index is 1.28. The fourth-order valence-corrected chi connectivity index (χ4v) is 6.05. The van der Waals surface area contributed by atoms with Crippen LogP contribution in [0.5, 0.6) is 0 Å². The van der Waals surface area contributed by atoms with Crippen LogP contribution >= 0.6 is 11.6 Å². The van der Waals surface area contributed by atoms with Crippen LogP contribution in [0.3, 0.4) is 0 Å². The van der Waals surface area contributed by atoms with Crippen molar-refractivity contribution in [1.82, 2.24) is 29.4 Å². The summed E-state index contributed by atoms with van der Waals surface area (Å²) in [5, 5.41) is 19.0. The predicted octanol–water partition coefficient (Wildman–Crippen LogP) is 5.17. The highest BCUT2D eigenvalue weighted by Gasteiger charge is 2.40. The lowest BCUT2D eigenvalue weighted by Gasteiger charge is -2.37. The fraction of sp³-hybridized carbons (Fsp3) is 0.323. The number of halogens is 1. The third kappa shape index (κ3) is 4.58. The molecule has 0 aliphatic carbocycles. The van der Waals surface area contributed by atoms with E-state index < -0.39 is 0 Å². The Kier molecular flexibility index (Phi) is 6.66. The zero-order chi connectivity index (χ0) is 29.0. The molecule has 0 radical (unpaired) electrons. The lowest BCUT2D eigenvalue weighted by Crippen LogP contribution is -2.45. The first kappa shape index (κ1) is 26.8. The molecule has 10 heteroatoms. The van der Waals surface area contributed by atoms with Crippen LogP contribution in [0.15, 0.2) is 54.7 Å². The summed E-state index contributed by atoms with van der Waals surface area (Å²) >= 11 is 6.09. The van der Waals surface area contributed by atoms with E-state index in [0.717, 1.165) is 28.1 Å². The summed E-state index contributed by atoms with van der Waals surface area (Å²) in [4.78, 5) is 31.3. The van der Waals surface area contributed by atoms with Gasteiger partial charge >= 0.3 is 0 Å². The van der Waals surface area contributed by atoms with E-state index in [-0.39, 0.29) is 42.0 Å². The number of aromatic nitrogens is 4. The van der Waals surface area contributed by atoms with Crippen LogP contribution in [0.2, 0.25) is 5.02 Å².